The van der Waals surface area contributed by atoms with Crippen LogP contribution in [0, 0.1) is 12.8 Å². The first-order chi connectivity index (χ1) is 9.97. The van der Waals surface area contributed by atoms with E-state index in [1.165, 1.54) is 5.56 Å². The minimum Gasteiger partial charge on any atom is -0.312 e. The van der Waals surface area contributed by atoms with Crippen molar-refractivity contribution in [1.82, 2.24) is 20.1 Å². The second kappa shape index (κ2) is 7.42. The summed E-state index contributed by atoms with van der Waals surface area (Å²) in [6, 6.07) is 4.03. The summed E-state index contributed by atoms with van der Waals surface area (Å²) in [5.41, 5.74) is 2.33. The summed E-state index contributed by atoms with van der Waals surface area (Å²) < 4.78 is 2.93. The topological polar surface area (TPSA) is 42.7 Å². The van der Waals surface area contributed by atoms with Crippen molar-refractivity contribution in [2.24, 2.45) is 13.0 Å². The lowest BCUT2D eigenvalue weighted by Crippen LogP contribution is -2.19. The number of nitrogens with zero attached hydrogens (tertiary/aromatic N) is 3. The predicted octanol–water partition coefficient (Wildman–Crippen LogP) is 3.78. The quantitative estimate of drug-likeness (QED) is 0.842. The van der Waals surface area contributed by atoms with E-state index in [-0.39, 0.29) is 0 Å². The van der Waals surface area contributed by atoms with Gasteiger partial charge in [0, 0.05) is 29.8 Å². The number of aromatic nitrogens is 3. The van der Waals surface area contributed by atoms with E-state index >= 15 is 0 Å². The molecule has 2 heterocycles. The maximum atomic E-state index is 4.54. The minimum absolute atomic E-state index is 0.645. The van der Waals surface area contributed by atoms with Crippen molar-refractivity contribution in [3.8, 4) is 0 Å². The Bertz CT molecular complexity index is 592. The highest BCUT2D eigenvalue weighted by Crippen LogP contribution is 2.30. The molecule has 2 aromatic heterocycles. The first-order valence-corrected chi connectivity index (χ1v) is 8.61. The lowest BCUT2D eigenvalue weighted by atomic mass is 10.2. The van der Waals surface area contributed by atoms with Crippen LogP contribution in [0.3, 0.4) is 0 Å². The van der Waals surface area contributed by atoms with Crippen molar-refractivity contribution in [2.75, 3.05) is 6.54 Å². The Morgan fingerprint density at radius 2 is 2.14 bits per heavy atom. The van der Waals surface area contributed by atoms with Crippen LogP contribution in [0.5, 0.6) is 0 Å². The number of pyridine rings is 1. The monoisotopic (exact) mass is 368 g/mol. The van der Waals surface area contributed by atoms with Gasteiger partial charge in [0.1, 0.15) is 10.1 Å². The molecule has 4 nitrogen and oxygen atoms in total. The average molecular weight is 369 g/mol. The van der Waals surface area contributed by atoms with Gasteiger partial charge in [-0.15, -0.1) is 0 Å². The highest BCUT2D eigenvalue weighted by atomic mass is 79.9. The molecule has 0 amide bonds. The Balaban J connectivity index is 2.16. The smallest absolute Gasteiger partial charge is 0.105 e. The molecule has 0 aliphatic carbocycles. The van der Waals surface area contributed by atoms with Crippen molar-refractivity contribution in [3.63, 3.8) is 0 Å². The molecule has 0 saturated carbocycles. The zero-order chi connectivity index (χ0) is 15.4. The van der Waals surface area contributed by atoms with Gasteiger partial charge in [-0.2, -0.15) is 5.10 Å². The highest BCUT2D eigenvalue weighted by molar-refractivity contribution is 9.10. The third-order valence-electron chi connectivity index (χ3n) is 3.04. The molecule has 0 aromatic carbocycles. The van der Waals surface area contributed by atoms with Crippen LogP contribution in [0.15, 0.2) is 32.9 Å². The Hall–Kier alpha value is -0.850. The van der Waals surface area contributed by atoms with Crippen LogP contribution in [0.25, 0.3) is 0 Å². The maximum Gasteiger partial charge on any atom is 0.105 e. The molecular weight excluding hydrogens is 348 g/mol. The molecule has 6 heteroatoms. The standard InChI is InChI=1S/C15H21BrN4S/c1-10(2)7-17-9-13-11(3)19-20(4)15(13)21-14-6-5-12(16)8-18-14/h5-6,8,10,17H,7,9H2,1-4H3. The molecule has 2 aromatic rings. The molecule has 0 spiro atoms. The van der Waals surface area contributed by atoms with Crippen LogP contribution in [-0.2, 0) is 13.6 Å². The van der Waals surface area contributed by atoms with E-state index in [1.807, 2.05) is 30.1 Å². The first kappa shape index (κ1) is 16.5. The molecule has 1 N–H and O–H groups in total. The maximum absolute atomic E-state index is 4.54. The fourth-order valence-electron chi connectivity index (χ4n) is 2.02. The predicted molar refractivity (Wildman–Crippen MR) is 90.5 cm³/mol. The average Bonchev–Trinajstić information content (AvgIpc) is 2.68. The highest BCUT2D eigenvalue weighted by Gasteiger charge is 2.15. The summed E-state index contributed by atoms with van der Waals surface area (Å²) in [7, 11) is 1.99. The van der Waals surface area contributed by atoms with E-state index in [2.05, 4.69) is 52.1 Å². The molecule has 21 heavy (non-hydrogen) atoms. The molecule has 0 atom stereocenters. The SMILES string of the molecule is Cc1nn(C)c(Sc2ccc(Br)cn2)c1CNCC(C)C. The van der Waals surface area contributed by atoms with Gasteiger partial charge in [-0.25, -0.2) is 4.98 Å². The zero-order valence-electron chi connectivity index (χ0n) is 12.9. The van der Waals surface area contributed by atoms with Crippen molar-refractivity contribution in [3.05, 3.63) is 34.1 Å². The molecule has 2 rings (SSSR count). The zero-order valence-corrected chi connectivity index (χ0v) is 15.3. The second-order valence-electron chi connectivity index (χ2n) is 5.43. The Morgan fingerprint density at radius 1 is 1.38 bits per heavy atom. The molecule has 114 valence electrons. The molecule has 0 aliphatic rings. The fourth-order valence-corrected chi connectivity index (χ4v) is 3.21. The largest absolute Gasteiger partial charge is 0.312 e. The normalized spacial score (nSPS) is 11.3. The lowest BCUT2D eigenvalue weighted by molar-refractivity contribution is 0.548. The van der Waals surface area contributed by atoms with E-state index in [0.29, 0.717) is 5.92 Å². The van der Waals surface area contributed by atoms with Crippen LogP contribution in [0.4, 0.5) is 0 Å². The van der Waals surface area contributed by atoms with Crippen molar-refractivity contribution < 1.29 is 0 Å². The van der Waals surface area contributed by atoms with E-state index in [4.69, 9.17) is 0 Å². The summed E-state index contributed by atoms with van der Waals surface area (Å²) in [5.74, 6) is 0.645. The molecule has 0 unspecified atom stereocenters. The third-order valence-corrected chi connectivity index (χ3v) is 4.67. The summed E-state index contributed by atoms with van der Waals surface area (Å²) in [5, 5.41) is 10.2. The Morgan fingerprint density at radius 3 is 2.76 bits per heavy atom. The number of hydrogen-bond acceptors (Lipinski definition) is 4. The molecule has 0 saturated heterocycles. The van der Waals surface area contributed by atoms with Gasteiger partial charge in [0.15, 0.2) is 0 Å². The molecule has 0 fully saturated rings. The summed E-state index contributed by atoms with van der Waals surface area (Å²) in [6.45, 7) is 8.34. The molecule has 0 aliphatic heterocycles. The van der Waals surface area contributed by atoms with Crippen LogP contribution in [0.2, 0.25) is 0 Å². The number of aryl methyl sites for hydroxylation is 2. The number of rotatable bonds is 6. The van der Waals surface area contributed by atoms with Gasteiger partial charge in [0.05, 0.1) is 5.69 Å². The van der Waals surface area contributed by atoms with Crippen molar-refractivity contribution >= 4 is 27.7 Å². The first-order valence-electron chi connectivity index (χ1n) is 7.00. The number of halogens is 1. The van der Waals surface area contributed by atoms with Crippen LogP contribution >= 0.6 is 27.7 Å². The third kappa shape index (κ3) is 4.56. The fraction of sp³-hybridized carbons (Fsp3) is 0.467. The van der Waals surface area contributed by atoms with Gasteiger partial charge in [-0.05, 0) is 47.4 Å². The molecule has 0 radical (unpaired) electrons. The van der Waals surface area contributed by atoms with Gasteiger partial charge in [0.25, 0.3) is 0 Å². The van der Waals surface area contributed by atoms with E-state index in [0.717, 1.165) is 33.3 Å². The van der Waals surface area contributed by atoms with E-state index < -0.39 is 0 Å². The van der Waals surface area contributed by atoms with Gasteiger partial charge >= 0.3 is 0 Å². The van der Waals surface area contributed by atoms with Crippen LogP contribution in [0.1, 0.15) is 25.1 Å². The summed E-state index contributed by atoms with van der Waals surface area (Å²) in [4.78, 5) is 4.43. The van der Waals surface area contributed by atoms with Gasteiger partial charge in [-0.1, -0.05) is 25.6 Å². The molecule has 0 bridgehead atoms. The van der Waals surface area contributed by atoms with E-state index in [9.17, 15) is 0 Å². The number of nitrogens with one attached hydrogen (secondary N) is 1. The van der Waals surface area contributed by atoms with E-state index in [1.54, 1.807) is 11.8 Å². The van der Waals surface area contributed by atoms with Crippen LogP contribution in [-0.4, -0.2) is 21.3 Å². The van der Waals surface area contributed by atoms with Gasteiger partial charge in [-0.3, -0.25) is 4.68 Å². The van der Waals surface area contributed by atoms with Crippen LogP contribution < -0.4 is 5.32 Å². The van der Waals surface area contributed by atoms with Gasteiger partial charge in [0.2, 0.25) is 0 Å². The second-order valence-corrected chi connectivity index (χ2v) is 7.36. The minimum atomic E-state index is 0.645. The van der Waals surface area contributed by atoms with Gasteiger partial charge < -0.3 is 5.32 Å². The summed E-state index contributed by atoms with van der Waals surface area (Å²) in [6.07, 6.45) is 1.82. The number of hydrogen-bond donors (Lipinski definition) is 1. The molecular formula is C15H21BrN4S. The van der Waals surface area contributed by atoms with Crippen molar-refractivity contribution in [2.45, 2.75) is 37.4 Å². The Labute approximate surface area is 138 Å². The lowest BCUT2D eigenvalue weighted by Gasteiger charge is -2.09. The summed E-state index contributed by atoms with van der Waals surface area (Å²) >= 11 is 5.07. The Kier molecular flexibility index (Phi) is 5.84. The van der Waals surface area contributed by atoms with Crippen molar-refractivity contribution in [1.29, 1.82) is 0 Å².